The van der Waals surface area contributed by atoms with Crippen LogP contribution in [-0.4, -0.2) is 47.3 Å². The van der Waals surface area contributed by atoms with Crippen molar-refractivity contribution in [2.45, 2.75) is 24.9 Å². The van der Waals surface area contributed by atoms with Gasteiger partial charge in [0.2, 0.25) is 0 Å². The van der Waals surface area contributed by atoms with E-state index >= 15 is 0 Å². The molecule has 0 bridgehead atoms. The summed E-state index contributed by atoms with van der Waals surface area (Å²) in [7, 11) is 0. The molecular formula is C8H20N4O4. The number of carboxylic acid groups (broad SMARTS) is 2. The van der Waals surface area contributed by atoms with Crippen LogP contribution in [0.25, 0.3) is 0 Å². The summed E-state index contributed by atoms with van der Waals surface area (Å²) in [6, 6.07) is -1.64. The Kier molecular flexibility index (Phi) is 11.1. The highest BCUT2D eigenvalue weighted by molar-refractivity contribution is 5.73. The van der Waals surface area contributed by atoms with Crippen molar-refractivity contribution in [3.63, 3.8) is 0 Å². The van der Waals surface area contributed by atoms with Gasteiger partial charge in [-0.1, -0.05) is 0 Å². The van der Waals surface area contributed by atoms with Crippen molar-refractivity contribution in [3.05, 3.63) is 0 Å². The van der Waals surface area contributed by atoms with Gasteiger partial charge >= 0.3 is 11.9 Å². The molecule has 1 unspecified atom stereocenters. The zero-order chi connectivity index (χ0) is 13.1. The zero-order valence-corrected chi connectivity index (χ0v) is 9.00. The standard InChI is InChI=1S/C5H12N2O2.C3H8N2O2/c6-3-1-2-4(7)5(8)9;4-1-2(5)3(6)7/h4H,1-3,6-7H2,(H,8,9);2H,1,4-5H2,(H,6,7)/t4-;/m0./s1. The quantitative estimate of drug-likeness (QED) is 0.292. The third-order valence-electron chi connectivity index (χ3n) is 1.61. The topological polar surface area (TPSA) is 179 Å². The fourth-order valence-corrected chi connectivity index (χ4v) is 0.562. The molecule has 0 heterocycles. The van der Waals surface area contributed by atoms with Crippen LogP contribution in [0.3, 0.4) is 0 Å². The van der Waals surface area contributed by atoms with Gasteiger partial charge in [-0.05, 0) is 19.4 Å². The molecule has 0 aromatic carbocycles. The van der Waals surface area contributed by atoms with Crippen molar-refractivity contribution in [3.8, 4) is 0 Å². The molecule has 96 valence electrons. The van der Waals surface area contributed by atoms with Crippen molar-refractivity contribution in [1.29, 1.82) is 0 Å². The van der Waals surface area contributed by atoms with E-state index in [0.717, 1.165) is 0 Å². The van der Waals surface area contributed by atoms with E-state index in [0.29, 0.717) is 19.4 Å². The first kappa shape index (κ1) is 17.2. The Morgan fingerprint density at radius 2 is 1.44 bits per heavy atom. The molecule has 0 spiro atoms. The zero-order valence-electron chi connectivity index (χ0n) is 9.00. The third kappa shape index (κ3) is 10.9. The van der Waals surface area contributed by atoms with Gasteiger partial charge in [-0.25, -0.2) is 0 Å². The van der Waals surface area contributed by atoms with E-state index in [1.807, 2.05) is 0 Å². The molecule has 8 nitrogen and oxygen atoms in total. The van der Waals surface area contributed by atoms with E-state index in [9.17, 15) is 9.59 Å². The maximum atomic E-state index is 10.0. The molecule has 16 heavy (non-hydrogen) atoms. The first-order valence-electron chi connectivity index (χ1n) is 4.73. The van der Waals surface area contributed by atoms with Crippen LogP contribution in [-0.2, 0) is 9.59 Å². The second-order valence-electron chi connectivity index (χ2n) is 3.06. The SMILES string of the molecule is NCC(N)C(=O)O.NCCC[C@H](N)C(=O)O. The van der Waals surface area contributed by atoms with Crippen molar-refractivity contribution in [2.75, 3.05) is 13.1 Å². The number of hydrogen-bond donors (Lipinski definition) is 6. The normalized spacial score (nSPS) is 13.2. The molecule has 2 atom stereocenters. The number of carbonyl (C=O) groups is 2. The summed E-state index contributed by atoms with van der Waals surface area (Å²) in [5.41, 5.74) is 20.0. The highest BCUT2D eigenvalue weighted by Gasteiger charge is 2.08. The first-order chi connectivity index (χ1) is 7.36. The highest BCUT2D eigenvalue weighted by Crippen LogP contribution is 1.91. The van der Waals surface area contributed by atoms with Crippen LogP contribution in [0.15, 0.2) is 0 Å². The number of aliphatic carboxylic acids is 2. The largest absolute Gasteiger partial charge is 0.480 e. The van der Waals surface area contributed by atoms with Gasteiger partial charge in [0.25, 0.3) is 0 Å². The summed E-state index contributed by atoms with van der Waals surface area (Å²) in [6.45, 7) is 0.496. The van der Waals surface area contributed by atoms with Gasteiger partial charge in [-0.2, -0.15) is 0 Å². The third-order valence-corrected chi connectivity index (χ3v) is 1.61. The summed E-state index contributed by atoms with van der Waals surface area (Å²) in [6.07, 6.45) is 1.14. The molecule has 0 aliphatic heterocycles. The van der Waals surface area contributed by atoms with Crippen molar-refractivity contribution in [1.82, 2.24) is 0 Å². The van der Waals surface area contributed by atoms with Crippen LogP contribution in [0.5, 0.6) is 0 Å². The van der Waals surface area contributed by atoms with Gasteiger partial charge in [0.1, 0.15) is 12.1 Å². The molecule has 0 rings (SSSR count). The molecule has 0 aliphatic carbocycles. The second-order valence-corrected chi connectivity index (χ2v) is 3.06. The molecule has 0 saturated carbocycles. The van der Waals surface area contributed by atoms with E-state index in [4.69, 9.17) is 33.1 Å². The monoisotopic (exact) mass is 236 g/mol. The number of carboxylic acids is 2. The van der Waals surface area contributed by atoms with E-state index in [1.54, 1.807) is 0 Å². The number of hydrogen-bond acceptors (Lipinski definition) is 6. The minimum atomic E-state index is -1.05. The maximum absolute atomic E-state index is 10.0. The number of rotatable bonds is 6. The Morgan fingerprint density at radius 1 is 1.00 bits per heavy atom. The van der Waals surface area contributed by atoms with Gasteiger partial charge in [0, 0.05) is 6.54 Å². The molecule has 0 aliphatic rings. The summed E-state index contributed by atoms with van der Waals surface area (Å²) in [4.78, 5) is 19.8. The Labute approximate surface area is 93.6 Å². The molecule has 0 aromatic rings. The summed E-state index contributed by atoms with van der Waals surface area (Å²) in [5.74, 6) is -2.01. The lowest BCUT2D eigenvalue weighted by Crippen LogP contribution is -2.37. The number of nitrogens with two attached hydrogens (primary N) is 4. The van der Waals surface area contributed by atoms with E-state index < -0.39 is 24.0 Å². The molecule has 0 amide bonds. The van der Waals surface area contributed by atoms with Crippen molar-refractivity contribution < 1.29 is 19.8 Å². The van der Waals surface area contributed by atoms with Gasteiger partial charge < -0.3 is 33.1 Å². The summed E-state index contributed by atoms with van der Waals surface area (Å²) >= 11 is 0. The molecule has 0 saturated heterocycles. The van der Waals surface area contributed by atoms with Crippen LogP contribution < -0.4 is 22.9 Å². The Balaban J connectivity index is 0. The molecule has 10 N–H and O–H groups in total. The fourth-order valence-electron chi connectivity index (χ4n) is 0.562. The van der Waals surface area contributed by atoms with E-state index in [2.05, 4.69) is 0 Å². The molecule has 0 radical (unpaired) electrons. The second kappa shape index (κ2) is 10.3. The minimum Gasteiger partial charge on any atom is -0.480 e. The molecular weight excluding hydrogens is 216 g/mol. The van der Waals surface area contributed by atoms with Gasteiger partial charge in [-0.3, -0.25) is 9.59 Å². The van der Waals surface area contributed by atoms with Crippen LogP contribution in [0.2, 0.25) is 0 Å². The summed E-state index contributed by atoms with van der Waals surface area (Å²) in [5, 5.41) is 16.2. The van der Waals surface area contributed by atoms with Crippen molar-refractivity contribution in [2.24, 2.45) is 22.9 Å². The predicted molar refractivity (Wildman–Crippen MR) is 58.6 cm³/mol. The van der Waals surface area contributed by atoms with Crippen LogP contribution in [0.4, 0.5) is 0 Å². The predicted octanol–water partition coefficient (Wildman–Crippen LogP) is -2.51. The van der Waals surface area contributed by atoms with Crippen LogP contribution in [0, 0.1) is 0 Å². The minimum absolute atomic E-state index is 0.00463. The van der Waals surface area contributed by atoms with Gasteiger partial charge in [0.15, 0.2) is 0 Å². The van der Waals surface area contributed by atoms with Crippen molar-refractivity contribution >= 4 is 11.9 Å². The van der Waals surface area contributed by atoms with Gasteiger partial charge in [0.05, 0.1) is 0 Å². The maximum Gasteiger partial charge on any atom is 0.321 e. The lowest BCUT2D eigenvalue weighted by atomic mass is 10.2. The smallest absolute Gasteiger partial charge is 0.321 e. The average molecular weight is 236 g/mol. The van der Waals surface area contributed by atoms with E-state index in [1.165, 1.54) is 0 Å². The molecule has 8 heteroatoms. The molecule has 0 aromatic heterocycles. The van der Waals surface area contributed by atoms with Crippen LogP contribution in [0.1, 0.15) is 12.8 Å². The highest BCUT2D eigenvalue weighted by atomic mass is 16.4. The van der Waals surface area contributed by atoms with E-state index in [-0.39, 0.29) is 6.54 Å². The van der Waals surface area contributed by atoms with Gasteiger partial charge in [-0.15, -0.1) is 0 Å². The Bertz CT molecular complexity index is 212. The Morgan fingerprint density at radius 3 is 1.62 bits per heavy atom. The molecule has 0 fully saturated rings. The average Bonchev–Trinajstić information content (AvgIpc) is 2.25. The lowest BCUT2D eigenvalue weighted by Gasteiger charge is -2.02. The Hall–Kier alpha value is -1.22. The first-order valence-corrected chi connectivity index (χ1v) is 4.73. The lowest BCUT2D eigenvalue weighted by molar-refractivity contribution is -0.139. The summed E-state index contributed by atoms with van der Waals surface area (Å²) < 4.78 is 0. The van der Waals surface area contributed by atoms with Crippen LogP contribution >= 0.6 is 0 Å². The fraction of sp³-hybridized carbons (Fsp3) is 0.750.